The van der Waals surface area contributed by atoms with E-state index in [2.05, 4.69) is 27.1 Å². The Morgan fingerprint density at radius 2 is 2.14 bits per heavy atom. The molecule has 2 heterocycles. The number of aromatic amines is 2. The Bertz CT molecular complexity index is 331. The molecule has 2 N–H and O–H groups in total. The molecular weight excluding hydrogens is 176 g/mol. The van der Waals surface area contributed by atoms with Crippen LogP contribution in [0.3, 0.4) is 0 Å². The highest BCUT2D eigenvalue weighted by Gasteiger charge is 1.84. The molecule has 0 amide bonds. The Morgan fingerprint density at radius 1 is 1.36 bits per heavy atom. The lowest BCUT2D eigenvalue weighted by molar-refractivity contribution is 0.990. The van der Waals surface area contributed by atoms with Gasteiger partial charge in [-0.05, 0) is 19.9 Å². The van der Waals surface area contributed by atoms with E-state index >= 15 is 0 Å². The van der Waals surface area contributed by atoms with Crippen LogP contribution in [-0.4, -0.2) is 20.2 Å². The molecule has 0 atom stereocenters. The van der Waals surface area contributed by atoms with E-state index in [1.54, 1.807) is 6.20 Å². The fourth-order valence-electron chi connectivity index (χ4n) is 1.05. The van der Waals surface area contributed by atoms with Gasteiger partial charge < -0.3 is 4.98 Å². The van der Waals surface area contributed by atoms with Crippen LogP contribution in [0.1, 0.15) is 24.1 Å². The molecule has 0 aromatic carbocycles. The number of hydrogen-bond acceptors (Lipinski definition) is 2. The molecule has 0 aliphatic carbocycles. The Labute approximate surface area is 83.8 Å². The lowest BCUT2D eigenvalue weighted by atomic mass is 10.4. The van der Waals surface area contributed by atoms with Crippen molar-refractivity contribution in [2.75, 3.05) is 0 Å². The number of hydrogen-bond donors (Lipinski definition) is 2. The summed E-state index contributed by atoms with van der Waals surface area (Å²) in [5.41, 5.74) is 2.18. The van der Waals surface area contributed by atoms with E-state index in [1.807, 2.05) is 26.1 Å². The van der Waals surface area contributed by atoms with Crippen molar-refractivity contribution in [1.29, 1.82) is 0 Å². The van der Waals surface area contributed by atoms with Crippen LogP contribution in [0.4, 0.5) is 0 Å². The van der Waals surface area contributed by atoms with Gasteiger partial charge in [0.1, 0.15) is 5.82 Å². The molecule has 2 rings (SSSR count). The second-order valence-electron chi connectivity index (χ2n) is 3.08. The van der Waals surface area contributed by atoms with E-state index in [0.717, 1.165) is 23.6 Å². The summed E-state index contributed by atoms with van der Waals surface area (Å²) in [6.07, 6.45) is 4.59. The molecule has 76 valence electrons. The number of aryl methyl sites for hydroxylation is 3. The zero-order valence-electron chi connectivity index (χ0n) is 8.83. The maximum absolute atomic E-state index is 3.98. The molecule has 14 heavy (non-hydrogen) atoms. The Kier molecular flexibility index (Phi) is 3.91. The van der Waals surface area contributed by atoms with E-state index in [0.29, 0.717) is 0 Å². The molecule has 0 saturated heterocycles. The topological polar surface area (TPSA) is 57.4 Å². The Morgan fingerprint density at radius 3 is 2.36 bits per heavy atom. The van der Waals surface area contributed by atoms with E-state index in [-0.39, 0.29) is 0 Å². The highest BCUT2D eigenvalue weighted by molar-refractivity contribution is 5.03. The van der Waals surface area contributed by atoms with Gasteiger partial charge in [-0.1, -0.05) is 6.92 Å². The first-order valence-electron chi connectivity index (χ1n) is 4.69. The third-order valence-corrected chi connectivity index (χ3v) is 1.72. The zero-order chi connectivity index (χ0) is 10.4. The summed E-state index contributed by atoms with van der Waals surface area (Å²) in [4.78, 5) is 6.95. The predicted octanol–water partition coefficient (Wildman–Crippen LogP) is 2.00. The molecule has 0 fully saturated rings. The monoisotopic (exact) mass is 192 g/mol. The smallest absolute Gasteiger partial charge is 0.105 e. The SMILES string of the molecule is CCc1ncc[nH]1.Cc1cc(C)[nH]n1. The van der Waals surface area contributed by atoms with E-state index < -0.39 is 0 Å². The minimum absolute atomic E-state index is 0.993. The molecule has 0 aliphatic heterocycles. The number of H-pyrrole nitrogens is 2. The van der Waals surface area contributed by atoms with E-state index in [1.165, 1.54) is 0 Å². The first-order chi connectivity index (χ1) is 6.72. The van der Waals surface area contributed by atoms with Gasteiger partial charge >= 0.3 is 0 Å². The highest BCUT2D eigenvalue weighted by Crippen LogP contribution is 1.92. The summed E-state index contributed by atoms with van der Waals surface area (Å²) in [6, 6.07) is 2.00. The molecular formula is C10H16N4. The van der Waals surface area contributed by atoms with Crippen molar-refractivity contribution in [3.63, 3.8) is 0 Å². The normalized spacial score (nSPS) is 9.36. The lowest BCUT2D eigenvalue weighted by Crippen LogP contribution is -1.78. The van der Waals surface area contributed by atoms with Crippen LogP contribution in [-0.2, 0) is 6.42 Å². The van der Waals surface area contributed by atoms with Gasteiger partial charge in [-0.3, -0.25) is 5.10 Å². The van der Waals surface area contributed by atoms with Crippen molar-refractivity contribution in [1.82, 2.24) is 20.2 Å². The average Bonchev–Trinajstić information content (AvgIpc) is 2.78. The van der Waals surface area contributed by atoms with Gasteiger partial charge in [0.25, 0.3) is 0 Å². The summed E-state index contributed by atoms with van der Waals surface area (Å²) >= 11 is 0. The first kappa shape index (κ1) is 10.5. The average molecular weight is 192 g/mol. The molecule has 4 heteroatoms. The van der Waals surface area contributed by atoms with E-state index in [9.17, 15) is 0 Å². The van der Waals surface area contributed by atoms with Gasteiger partial charge in [-0.15, -0.1) is 0 Å². The third-order valence-electron chi connectivity index (χ3n) is 1.72. The van der Waals surface area contributed by atoms with Crippen LogP contribution < -0.4 is 0 Å². The maximum atomic E-state index is 3.98. The van der Waals surface area contributed by atoms with Gasteiger partial charge in [-0.25, -0.2) is 4.98 Å². The molecule has 0 radical (unpaired) electrons. The summed E-state index contributed by atoms with van der Waals surface area (Å²) < 4.78 is 0. The fourth-order valence-corrected chi connectivity index (χ4v) is 1.05. The van der Waals surface area contributed by atoms with Crippen LogP contribution in [0.5, 0.6) is 0 Å². The molecule has 0 saturated carbocycles. The van der Waals surface area contributed by atoms with E-state index in [4.69, 9.17) is 0 Å². The summed E-state index contributed by atoms with van der Waals surface area (Å²) in [5.74, 6) is 1.06. The highest BCUT2D eigenvalue weighted by atomic mass is 15.1. The minimum atomic E-state index is 0.993. The molecule has 2 aromatic heterocycles. The van der Waals surface area contributed by atoms with Gasteiger partial charge in [0.2, 0.25) is 0 Å². The maximum Gasteiger partial charge on any atom is 0.105 e. The lowest BCUT2D eigenvalue weighted by Gasteiger charge is -1.79. The quantitative estimate of drug-likeness (QED) is 0.726. The number of aromatic nitrogens is 4. The van der Waals surface area contributed by atoms with Gasteiger partial charge in [-0.2, -0.15) is 5.10 Å². The third kappa shape index (κ3) is 3.43. The summed E-state index contributed by atoms with van der Waals surface area (Å²) in [5, 5.41) is 6.71. The van der Waals surface area contributed by atoms with Crippen molar-refractivity contribution in [3.05, 3.63) is 35.7 Å². The second-order valence-corrected chi connectivity index (χ2v) is 3.08. The van der Waals surface area contributed by atoms with Crippen LogP contribution in [0.15, 0.2) is 18.5 Å². The van der Waals surface area contributed by atoms with Crippen LogP contribution >= 0.6 is 0 Å². The van der Waals surface area contributed by atoms with Crippen molar-refractivity contribution in [3.8, 4) is 0 Å². The number of imidazole rings is 1. The van der Waals surface area contributed by atoms with Crippen LogP contribution in [0.25, 0.3) is 0 Å². The van der Waals surface area contributed by atoms with Crippen LogP contribution in [0.2, 0.25) is 0 Å². The standard InChI is InChI=1S/2C5H8N2/c1-4-3-5(2)7-6-4;1-2-5-6-3-4-7-5/h3H,1-2H3,(H,6,7);3-4H,2H2,1H3,(H,6,7). The Hall–Kier alpha value is -1.58. The molecule has 0 spiro atoms. The van der Waals surface area contributed by atoms with Crippen molar-refractivity contribution < 1.29 is 0 Å². The fraction of sp³-hybridized carbons (Fsp3) is 0.400. The van der Waals surface area contributed by atoms with Gasteiger partial charge in [0.15, 0.2) is 0 Å². The largest absolute Gasteiger partial charge is 0.349 e. The summed E-state index contributed by atoms with van der Waals surface area (Å²) in [6.45, 7) is 6.02. The predicted molar refractivity (Wildman–Crippen MR) is 56.0 cm³/mol. The zero-order valence-corrected chi connectivity index (χ0v) is 8.83. The second kappa shape index (κ2) is 5.21. The van der Waals surface area contributed by atoms with Crippen molar-refractivity contribution in [2.45, 2.75) is 27.2 Å². The molecule has 0 unspecified atom stereocenters. The first-order valence-corrected chi connectivity index (χ1v) is 4.69. The number of nitrogens with zero attached hydrogens (tertiary/aromatic N) is 2. The molecule has 0 bridgehead atoms. The number of rotatable bonds is 1. The summed E-state index contributed by atoms with van der Waals surface area (Å²) in [7, 11) is 0. The van der Waals surface area contributed by atoms with Crippen molar-refractivity contribution in [2.24, 2.45) is 0 Å². The minimum Gasteiger partial charge on any atom is -0.349 e. The van der Waals surface area contributed by atoms with Crippen LogP contribution in [0, 0.1) is 13.8 Å². The van der Waals surface area contributed by atoms with Gasteiger partial charge in [0.05, 0.1) is 5.69 Å². The molecule has 4 nitrogen and oxygen atoms in total. The van der Waals surface area contributed by atoms with Crippen molar-refractivity contribution >= 4 is 0 Å². The molecule has 0 aliphatic rings. The molecule has 2 aromatic rings. The number of nitrogens with one attached hydrogen (secondary N) is 2. The van der Waals surface area contributed by atoms with Gasteiger partial charge in [0, 0.05) is 24.5 Å². The Balaban J connectivity index is 0.000000140.